The average molecular weight is 611 g/mol. The fraction of sp³-hybridized carbons (Fsp3) is 0.350. The van der Waals surface area contributed by atoms with Crippen LogP contribution in [-0.4, -0.2) is 25.3 Å². The predicted molar refractivity (Wildman–Crippen MR) is 200 cm³/mol. The first-order valence-corrected chi connectivity index (χ1v) is 21.9. The minimum absolute atomic E-state index is 1.12. The zero-order valence-corrected chi connectivity index (χ0v) is 29.9. The summed E-state index contributed by atoms with van der Waals surface area (Å²) in [6, 6.07) is 30.6. The molecule has 224 valence electrons. The molecule has 4 aromatic carbocycles. The Hall–Kier alpha value is -3.71. The number of fused-ring (bicyclic) bond motifs is 7. The SMILES string of the molecule is CC[Si](C#Cc1cc2cc3c(ccc4c5cc6cc(C#C[Si](CC)(CC)CC)n(C)c6cc5ccc34)cc2n1C)(CC)CC. The molecule has 0 spiro atoms. The number of nitrogens with zero attached hydrogens (tertiary/aromatic N) is 2. The molecule has 2 nitrogen and oxygen atoms in total. The Bertz CT molecular complexity index is 2010. The van der Waals surface area contributed by atoms with E-state index in [0.717, 1.165) is 11.4 Å². The Morgan fingerprint density at radius 3 is 1.16 bits per heavy atom. The van der Waals surface area contributed by atoms with E-state index in [2.05, 4.69) is 148 Å². The van der Waals surface area contributed by atoms with Crippen molar-refractivity contribution in [2.24, 2.45) is 14.1 Å². The molecule has 44 heavy (non-hydrogen) atoms. The second-order valence-electron chi connectivity index (χ2n) is 12.8. The van der Waals surface area contributed by atoms with Crippen LogP contribution >= 0.6 is 0 Å². The van der Waals surface area contributed by atoms with Crippen LogP contribution in [-0.2, 0) is 14.1 Å². The molecule has 0 unspecified atom stereocenters. The zero-order chi connectivity index (χ0) is 31.2. The number of aryl methyl sites for hydroxylation is 2. The van der Waals surface area contributed by atoms with E-state index in [9.17, 15) is 0 Å². The van der Waals surface area contributed by atoms with Crippen molar-refractivity contribution in [1.82, 2.24) is 9.13 Å². The maximum Gasteiger partial charge on any atom is 0.138 e. The van der Waals surface area contributed by atoms with Crippen LogP contribution in [0.1, 0.15) is 52.9 Å². The average Bonchev–Trinajstić information content (AvgIpc) is 3.54. The molecule has 0 saturated carbocycles. The zero-order valence-electron chi connectivity index (χ0n) is 27.9. The van der Waals surface area contributed by atoms with Gasteiger partial charge in [-0.3, -0.25) is 0 Å². The summed E-state index contributed by atoms with van der Waals surface area (Å²) in [6.45, 7) is 13.9. The third-order valence-electron chi connectivity index (χ3n) is 11.1. The Labute approximate surface area is 265 Å². The van der Waals surface area contributed by atoms with E-state index in [1.165, 1.54) is 90.4 Å². The Kier molecular flexibility index (Phi) is 8.04. The number of hydrogen-bond donors (Lipinski definition) is 0. The Balaban J connectivity index is 1.49. The van der Waals surface area contributed by atoms with Gasteiger partial charge in [-0.25, -0.2) is 0 Å². The highest BCUT2D eigenvalue weighted by Gasteiger charge is 2.25. The number of benzene rings is 4. The molecule has 0 aliphatic heterocycles. The predicted octanol–water partition coefficient (Wildman–Crippen LogP) is 10.9. The van der Waals surface area contributed by atoms with Crippen molar-refractivity contribution in [2.75, 3.05) is 0 Å². The lowest BCUT2D eigenvalue weighted by atomic mass is 9.95. The Morgan fingerprint density at radius 2 is 0.818 bits per heavy atom. The second kappa shape index (κ2) is 11.7. The molecular weight excluding hydrogens is 565 g/mol. The van der Waals surface area contributed by atoms with Crippen LogP contribution in [0.5, 0.6) is 0 Å². The highest BCUT2D eigenvalue weighted by molar-refractivity contribution is 6.87. The Morgan fingerprint density at radius 1 is 0.455 bits per heavy atom. The smallest absolute Gasteiger partial charge is 0.138 e. The van der Waals surface area contributed by atoms with Gasteiger partial charge in [0.1, 0.15) is 16.1 Å². The normalized spacial score (nSPS) is 12.3. The van der Waals surface area contributed by atoms with Gasteiger partial charge >= 0.3 is 0 Å². The van der Waals surface area contributed by atoms with Crippen molar-refractivity contribution < 1.29 is 0 Å². The van der Waals surface area contributed by atoms with Crippen molar-refractivity contribution in [3.63, 3.8) is 0 Å². The minimum Gasteiger partial charge on any atom is -0.337 e. The van der Waals surface area contributed by atoms with Gasteiger partial charge in [-0.05, 0) is 105 Å². The summed E-state index contributed by atoms with van der Waals surface area (Å²) in [5.41, 5.74) is 12.3. The van der Waals surface area contributed by atoms with Crippen LogP contribution in [0.15, 0.2) is 60.7 Å². The van der Waals surface area contributed by atoms with Gasteiger partial charge in [0, 0.05) is 35.9 Å². The van der Waals surface area contributed by atoms with Crippen LogP contribution < -0.4 is 0 Å². The molecule has 0 aliphatic rings. The lowest BCUT2D eigenvalue weighted by Gasteiger charge is -2.20. The quantitative estimate of drug-likeness (QED) is 0.101. The van der Waals surface area contributed by atoms with Crippen LogP contribution in [0.3, 0.4) is 0 Å². The highest BCUT2D eigenvalue weighted by Crippen LogP contribution is 2.36. The third-order valence-corrected chi connectivity index (χ3v) is 20.6. The molecule has 6 rings (SSSR count). The lowest BCUT2D eigenvalue weighted by molar-refractivity contribution is 0.952. The highest BCUT2D eigenvalue weighted by atomic mass is 28.3. The molecule has 6 aromatic rings. The van der Waals surface area contributed by atoms with Gasteiger partial charge in [-0.1, -0.05) is 77.6 Å². The number of aromatic nitrogens is 2. The van der Waals surface area contributed by atoms with E-state index >= 15 is 0 Å². The summed E-state index contributed by atoms with van der Waals surface area (Å²) in [5, 5.41) is 10.3. The standard InChI is InChI=1S/C40H46N2Si2/c1-9-43(10-2,11-3)21-19-33-23-31-25-37-29(27-39(31)41(33)7)15-17-36-35(37)18-16-30-28-40-32(26-38(30)36)24-34(42(40)8)20-22-44(12-4,13-5)14-6/h15-18,23-28H,9-14H2,1-8H3. The van der Waals surface area contributed by atoms with Crippen LogP contribution in [0, 0.1) is 22.9 Å². The molecular formula is C40H46N2Si2. The maximum absolute atomic E-state index is 3.80. The first-order chi connectivity index (χ1) is 21.2. The summed E-state index contributed by atoms with van der Waals surface area (Å²) in [6.07, 6.45) is 0. The molecule has 0 amide bonds. The molecule has 2 aromatic heterocycles. The molecule has 2 heterocycles. The molecule has 0 N–H and O–H groups in total. The van der Waals surface area contributed by atoms with Crippen molar-refractivity contribution >= 4 is 70.3 Å². The maximum atomic E-state index is 3.80. The molecule has 0 radical (unpaired) electrons. The number of hydrogen-bond acceptors (Lipinski definition) is 0. The number of rotatable bonds is 6. The van der Waals surface area contributed by atoms with Crippen LogP contribution in [0.25, 0.3) is 54.1 Å². The van der Waals surface area contributed by atoms with E-state index in [0.29, 0.717) is 0 Å². The molecule has 0 fully saturated rings. The van der Waals surface area contributed by atoms with Gasteiger partial charge in [0.2, 0.25) is 0 Å². The van der Waals surface area contributed by atoms with Gasteiger partial charge in [-0.2, -0.15) is 0 Å². The van der Waals surface area contributed by atoms with E-state index < -0.39 is 16.1 Å². The van der Waals surface area contributed by atoms with Crippen molar-refractivity contribution in [1.29, 1.82) is 0 Å². The largest absolute Gasteiger partial charge is 0.337 e. The van der Waals surface area contributed by atoms with Crippen LogP contribution in [0.4, 0.5) is 0 Å². The van der Waals surface area contributed by atoms with Crippen molar-refractivity contribution in [2.45, 2.75) is 77.8 Å². The van der Waals surface area contributed by atoms with Crippen molar-refractivity contribution in [3.05, 3.63) is 72.1 Å². The fourth-order valence-corrected chi connectivity index (χ4v) is 12.1. The fourth-order valence-electron chi connectivity index (χ4n) is 7.20. The first-order valence-electron chi connectivity index (χ1n) is 16.7. The molecule has 4 heteroatoms. The second-order valence-corrected chi connectivity index (χ2v) is 22.7. The van der Waals surface area contributed by atoms with E-state index in [-0.39, 0.29) is 0 Å². The van der Waals surface area contributed by atoms with Gasteiger partial charge in [0.15, 0.2) is 0 Å². The lowest BCUT2D eigenvalue weighted by Crippen LogP contribution is -2.29. The van der Waals surface area contributed by atoms with Crippen molar-refractivity contribution in [3.8, 4) is 22.9 Å². The first kappa shape index (κ1) is 30.3. The molecule has 0 atom stereocenters. The summed E-state index contributed by atoms with van der Waals surface area (Å²) in [5.74, 6) is 7.26. The van der Waals surface area contributed by atoms with Gasteiger partial charge in [0.05, 0.1) is 11.4 Å². The van der Waals surface area contributed by atoms with Gasteiger partial charge in [-0.15, -0.1) is 11.1 Å². The molecule has 0 aliphatic carbocycles. The molecule has 0 bridgehead atoms. The topological polar surface area (TPSA) is 9.86 Å². The van der Waals surface area contributed by atoms with Gasteiger partial charge < -0.3 is 9.13 Å². The van der Waals surface area contributed by atoms with Gasteiger partial charge in [0.25, 0.3) is 0 Å². The summed E-state index contributed by atoms with van der Waals surface area (Å²) in [4.78, 5) is 0. The van der Waals surface area contributed by atoms with Crippen LogP contribution in [0.2, 0.25) is 36.3 Å². The van der Waals surface area contributed by atoms with E-state index in [1.807, 2.05) is 0 Å². The summed E-state index contributed by atoms with van der Waals surface area (Å²) in [7, 11) is 1.32. The molecule has 0 saturated heterocycles. The monoisotopic (exact) mass is 610 g/mol. The minimum atomic E-state index is -1.50. The summed E-state index contributed by atoms with van der Waals surface area (Å²) < 4.78 is 4.57. The van der Waals surface area contributed by atoms with E-state index in [1.54, 1.807) is 0 Å². The summed E-state index contributed by atoms with van der Waals surface area (Å²) >= 11 is 0. The third kappa shape index (κ3) is 4.90. The van der Waals surface area contributed by atoms with E-state index in [4.69, 9.17) is 0 Å².